The maximum Gasteiger partial charge on any atom is 0.235 e. The third-order valence-corrected chi connectivity index (χ3v) is 4.10. The summed E-state index contributed by atoms with van der Waals surface area (Å²) in [5.74, 6) is 2.23. The van der Waals surface area contributed by atoms with Gasteiger partial charge in [0.05, 0.1) is 5.75 Å². The number of hydrogen-bond acceptors (Lipinski definition) is 4. The van der Waals surface area contributed by atoms with Gasteiger partial charge in [-0.2, -0.15) is 0 Å². The van der Waals surface area contributed by atoms with E-state index in [9.17, 15) is 4.79 Å². The van der Waals surface area contributed by atoms with Gasteiger partial charge < -0.3 is 9.84 Å². The lowest BCUT2D eigenvalue weighted by Gasteiger charge is -2.04. The first-order valence-electron chi connectivity index (χ1n) is 5.69. The van der Waals surface area contributed by atoms with Gasteiger partial charge in [0, 0.05) is 16.3 Å². The quantitative estimate of drug-likeness (QED) is 0.903. The molecule has 1 heterocycles. The number of nitrogens with one attached hydrogen (secondary N) is 1. The van der Waals surface area contributed by atoms with Gasteiger partial charge in [0.15, 0.2) is 5.82 Å². The van der Waals surface area contributed by atoms with E-state index in [0.29, 0.717) is 17.3 Å². The summed E-state index contributed by atoms with van der Waals surface area (Å²) in [6.07, 6.45) is 0. The molecule has 100 valence electrons. The number of benzene rings is 1. The molecule has 0 aliphatic rings. The fraction of sp³-hybridized carbons (Fsp3) is 0.231. The van der Waals surface area contributed by atoms with E-state index < -0.39 is 0 Å². The lowest BCUT2D eigenvalue weighted by atomic mass is 10.2. The fourth-order valence-corrected chi connectivity index (χ4v) is 2.92. The summed E-state index contributed by atoms with van der Waals surface area (Å²) in [5, 5.41) is 6.40. The van der Waals surface area contributed by atoms with Gasteiger partial charge in [-0.25, -0.2) is 0 Å². The molecule has 0 unspecified atom stereocenters. The van der Waals surface area contributed by atoms with Gasteiger partial charge in [0.2, 0.25) is 5.91 Å². The van der Waals surface area contributed by atoms with Gasteiger partial charge in [0.25, 0.3) is 0 Å². The monoisotopic (exact) mass is 340 g/mol. The van der Waals surface area contributed by atoms with Gasteiger partial charge in [-0.15, -0.1) is 11.8 Å². The molecular formula is C13H13BrN2O2S. The Balaban J connectivity index is 1.77. The molecule has 0 fully saturated rings. The van der Waals surface area contributed by atoms with E-state index in [4.69, 9.17) is 4.52 Å². The first kappa shape index (κ1) is 14.1. The summed E-state index contributed by atoms with van der Waals surface area (Å²) >= 11 is 5.04. The third kappa shape index (κ3) is 4.40. The molecule has 6 heteroatoms. The predicted molar refractivity (Wildman–Crippen MR) is 80.2 cm³/mol. The third-order valence-electron chi connectivity index (χ3n) is 2.34. The Morgan fingerprint density at radius 1 is 1.47 bits per heavy atom. The lowest BCUT2D eigenvalue weighted by molar-refractivity contribution is -0.113. The highest BCUT2D eigenvalue weighted by Gasteiger charge is 2.07. The van der Waals surface area contributed by atoms with Crippen LogP contribution in [0, 0.1) is 6.92 Å². The zero-order chi connectivity index (χ0) is 13.7. The molecule has 4 nitrogen and oxygen atoms in total. The zero-order valence-electron chi connectivity index (χ0n) is 10.4. The van der Waals surface area contributed by atoms with Crippen molar-refractivity contribution in [1.82, 2.24) is 5.16 Å². The molecule has 0 atom stereocenters. The van der Waals surface area contributed by atoms with Crippen molar-refractivity contribution in [2.45, 2.75) is 12.7 Å². The van der Waals surface area contributed by atoms with Gasteiger partial charge in [-0.05, 0) is 18.6 Å². The average molecular weight is 341 g/mol. The van der Waals surface area contributed by atoms with Crippen LogP contribution in [0.15, 0.2) is 39.3 Å². The second kappa shape index (κ2) is 6.77. The highest BCUT2D eigenvalue weighted by molar-refractivity contribution is 9.10. The Bertz CT molecular complexity index is 571. The van der Waals surface area contributed by atoms with Gasteiger partial charge >= 0.3 is 0 Å². The van der Waals surface area contributed by atoms with Crippen molar-refractivity contribution in [2.24, 2.45) is 0 Å². The number of aromatic nitrogens is 1. The molecule has 1 aromatic heterocycles. The number of halogens is 1. The SMILES string of the molecule is Cc1cc(NC(=O)CSCc2ccccc2Br)no1. The number of carbonyl (C=O) groups is 1. The molecule has 1 amide bonds. The molecule has 0 saturated carbocycles. The van der Waals surface area contributed by atoms with Gasteiger partial charge in [-0.1, -0.05) is 39.3 Å². The highest BCUT2D eigenvalue weighted by Crippen LogP contribution is 2.21. The number of hydrogen-bond donors (Lipinski definition) is 1. The van der Waals surface area contributed by atoms with Crippen molar-refractivity contribution in [1.29, 1.82) is 0 Å². The maximum atomic E-state index is 11.7. The van der Waals surface area contributed by atoms with Crippen LogP contribution in [0.4, 0.5) is 5.82 Å². The molecular weight excluding hydrogens is 328 g/mol. The Hall–Kier alpha value is -1.27. The number of aryl methyl sites for hydroxylation is 1. The number of amides is 1. The van der Waals surface area contributed by atoms with Crippen LogP contribution in [0.5, 0.6) is 0 Å². The van der Waals surface area contributed by atoms with Crippen LogP contribution in [0.3, 0.4) is 0 Å². The van der Waals surface area contributed by atoms with Gasteiger partial charge in [-0.3, -0.25) is 4.79 Å². The topological polar surface area (TPSA) is 55.1 Å². The van der Waals surface area contributed by atoms with Crippen LogP contribution in [-0.4, -0.2) is 16.8 Å². The minimum absolute atomic E-state index is 0.0784. The molecule has 0 spiro atoms. The van der Waals surface area contributed by atoms with E-state index in [1.54, 1.807) is 24.8 Å². The summed E-state index contributed by atoms with van der Waals surface area (Å²) in [6, 6.07) is 9.68. The highest BCUT2D eigenvalue weighted by atomic mass is 79.9. The first-order chi connectivity index (χ1) is 9.15. The van der Waals surface area contributed by atoms with Crippen LogP contribution in [-0.2, 0) is 10.5 Å². The number of anilines is 1. The Morgan fingerprint density at radius 3 is 2.95 bits per heavy atom. The fourth-order valence-electron chi connectivity index (χ4n) is 1.47. The van der Waals surface area contributed by atoms with Crippen LogP contribution in [0.2, 0.25) is 0 Å². The number of carbonyl (C=O) groups excluding carboxylic acids is 1. The minimum atomic E-state index is -0.0784. The van der Waals surface area contributed by atoms with Crippen molar-refractivity contribution < 1.29 is 9.32 Å². The summed E-state index contributed by atoms with van der Waals surface area (Å²) in [7, 11) is 0. The van der Waals surface area contributed by atoms with E-state index in [-0.39, 0.29) is 5.91 Å². The Labute approximate surface area is 124 Å². The largest absolute Gasteiger partial charge is 0.360 e. The van der Waals surface area contributed by atoms with Crippen molar-refractivity contribution in [3.63, 3.8) is 0 Å². The number of nitrogens with zero attached hydrogens (tertiary/aromatic N) is 1. The van der Waals surface area contributed by atoms with Crippen molar-refractivity contribution in [3.8, 4) is 0 Å². The normalized spacial score (nSPS) is 10.4. The van der Waals surface area contributed by atoms with Crippen LogP contribution in [0.25, 0.3) is 0 Å². The lowest BCUT2D eigenvalue weighted by Crippen LogP contribution is -2.14. The van der Waals surface area contributed by atoms with Crippen LogP contribution >= 0.6 is 27.7 Å². The summed E-state index contributed by atoms with van der Waals surface area (Å²) in [4.78, 5) is 11.7. The molecule has 19 heavy (non-hydrogen) atoms. The van der Waals surface area contributed by atoms with E-state index in [1.165, 1.54) is 5.56 Å². The zero-order valence-corrected chi connectivity index (χ0v) is 12.8. The Morgan fingerprint density at radius 2 is 2.26 bits per heavy atom. The molecule has 2 aromatic rings. The van der Waals surface area contributed by atoms with Crippen molar-refractivity contribution >= 4 is 39.4 Å². The molecule has 0 aliphatic heterocycles. The molecule has 1 aromatic carbocycles. The molecule has 0 bridgehead atoms. The Kier molecular flexibility index (Phi) is 5.04. The second-order valence-corrected chi connectivity index (χ2v) is 5.80. The molecule has 0 saturated heterocycles. The minimum Gasteiger partial charge on any atom is -0.360 e. The maximum absolute atomic E-state index is 11.7. The summed E-state index contributed by atoms with van der Waals surface area (Å²) in [6.45, 7) is 1.78. The average Bonchev–Trinajstić information content (AvgIpc) is 2.77. The standard InChI is InChI=1S/C13H13BrN2O2S/c1-9-6-12(16-18-9)15-13(17)8-19-7-10-4-2-3-5-11(10)14/h2-6H,7-8H2,1H3,(H,15,16,17). The number of rotatable bonds is 5. The van der Waals surface area contributed by atoms with Crippen molar-refractivity contribution in [2.75, 3.05) is 11.1 Å². The van der Waals surface area contributed by atoms with E-state index in [1.807, 2.05) is 24.3 Å². The first-order valence-corrected chi connectivity index (χ1v) is 7.64. The molecule has 0 aliphatic carbocycles. The van der Waals surface area contributed by atoms with Crippen LogP contribution in [0.1, 0.15) is 11.3 Å². The van der Waals surface area contributed by atoms with Crippen molar-refractivity contribution in [3.05, 3.63) is 46.1 Å². The van der Waals surface area contributed by atoms with E-state index in [2.05, 4.69) is 26.4 Å². The molecule has 2 rings (SSSR count). The van der Waals surface area contributed by atoms with E-state index in [0.717, 1.165) is 10.2 Å². The second-order valence-electron chi connectivity index (χ2n) is 3.96. The summed E-state index contributed by atoms with van der Waals surface area (Å²) < 4.78 is 5.94. The smallest absolute Gasteiger partial charge is 0.235 e. The molecule has 0 radical (unpaired) electrons. The summed E-state index contributed by atoms with van der Waals surface area (Å²) in [5.41, 5.74) is 1.18. The number of thioether (sulfide) groups is 1. The predicted octanol–water partition coefficient (Wildman–Crippen LogP) is 3.62. The van der Waals surface area contributed by atoms with Crippen LogP contribution < -0.4 is 5.32 Å². The van der Waals surface area contributed by atoms with E-state index >= 15 is 0 Å². The molecule has 1 N–H and O–H groups in total. The van der Waals surface area contributed by atoms with Gasteiger partial charge in [0.1, 0.15) is 5.76 Å².